The number of imide groups is 1. The number of ether oxygens (including phenoxy) is 1. The third-order valence-electron chi connectivity index (χ3n) is 5.15. The third kappa shape index (κ3) is 3.38. The summed E-state index contributed by atoms with van der Waals surface area (Å²) in [6, 6.07) is 12.4. The number of carbonyl (C=O) groups excluding carboxylic acids is 3. The van der Waals surface area contributed by atoms with Crippen LogP contribution in [0.2, 0.25) is 0 Å². The molecule has 9 nitrogen and oxygen atoms in total. The summed E-state index contributed by atoms with van der Waals surface area (Å²) >= 11 is 0. The first-order chi connectivity index (χ1) is 14.5. The number of hydrogen-bond acceptors (Lipinski definition) is 7. The lowest BCUT2D eigenvalue weighted by molar-refractivity contribution is -0.123. The molecule has 9 heteroatoms. The second-order valence-electron chi connectivity index (χ2n) is 6.97. The van der Waals surface area contributed by atoms with Crippen molar-refractivity contribution in [2.75, 3.05) is 23.9 Å². The molecule has 154 valence electrons. The quantitative estimate of drug-likeness (QED) is 0.740. The number of carbonyl (C=O) groups is 3. The highest BCUT2D eigenvalue weighted by Crippen LogP contribution is 2.32. The fourth-order valence-corrected chi connectivity index (χ4v) is 3.57. The number of nitrogens with zero attached hydrogens (tertiary/aromatic N) is 4. The van der Waals surface area contributed by atoms with Gasteiger partial charge in [0.05, 0.1) is 18.5 Å². The van der Waals surface area contributed by atoms with Crippen molar-refractivity contribution in [1.29, 1.82) is 0 Å². The van der Waals surface area contributed by atoms with Gasteiger partial charge in [0.25, 0.3) is 11.8 Å². The number of benzene rings is 2. The van der Waals surface area contributed by atoms with Gasteiger partial charge in [-0.2, -0.15) is 5.11 Å². The summed E-state index contributed by atoms with van der Waals surface area (Å²) in [4.78, 5) is 39.4. The first kappa shape index (κ1) is 19.6. The van der Waals surface area contributed by atoms with Crippen molar-refractivity contribution in [1.82, 2.24) is 5.01 Å². The summed E-state index contributed by atoms with van der Waals surface area (Å²) in [6.07, 6.45) is 0.858. The summed E-state index contributed by atoms with van der Waals surface area (Å²) in [5.74, 6) is -0.763. The van der Waals surface area contributed by atoms with Gasteiger partial charge in [0.2, 0.25) is 5.91 Å². The van der Waals surface area contributed by atoms with Gasteiger partial charge in [-0.25, -0.2) is 4.90 Å². The highest BCUT2D eigenvalue weighted by atomic mass is 16.5. The Hall–Kier alpha value is -3.75. The van der Waals surface area contributed by atoms with Gasteiger partial charge in [-0.05, 0) is 36.2 Å². The molecule has 1 saturated heterocycles. The van der Waals surface area contributed by atoms with E-state index in [-0.39, 0.29) is 6.54 Å². The van der Waals surface area contributed by atoms with E-state index < -0.39 is 29.8 Å². The van der Waals surface area contributed by atoms with E-state index in [9.17, 15) is 14.4 Å². The first-order valence-corrected chi connectivity index (χ1v) is 9.60. The molecule has 30 heavy (non-hydrogen) atoms. The van der Waals surface area contributed by atoms with Crippen molar-refractivity contribution in [3.05, 3.63) is 54.1 Å². The van der Waals surface area contributed by atoms with Gasteiger partial charge in [0.15, 0.2) is 12.1 Å². The number of para-hydroxylation sites is 2. The minimum atomic E-state index is -0.942. The topological polar surface area (TPSA) is 104 Å². The van der Waals surface area contributed by atoms with Crippen molar-refractivity contribution < 1.29 is 19.1 Å². The van der Waals surface area contributed by atoms with E-state index in [1.54, 1.807) is 36.4 Å². The molecule has 0 spiro atoms. The second-order valence-corrected chi connectivity index (χ2v) is 6.97. The number of methoxy groups -OCH3 is 1. The van der Waals surface area contributed by atoms with Crippen LogP contribution in [0.25, 0.3) is 0 Å². The number of fused-ring (bicyclic) bond motifs is 1. The lowest BCUT2D eigenvalue weighted by Gasteiger charge is -2.20. The highest BCUT2D eigenvalue weighted by molar-refractivity contribution is 6.25. The normalized spacial score (nSPS) is 19.9. The van der Waals surface area contributed by atoms with E-state index >= 15 is 0 Å². The average molecular weight is 407 g/mol. The first-order valence-electron chi connectivity index (χ1n) is 9.60. The number of hydrogen-bond donors (Lipinski definition) is 1. The lowest BCUT2D eigenvalue weighted by atomic mass is 10.1. The standard InChI is InChI=1S/C21H21N5O4/c1-3-13-8-10-14(11-9-13)26-20(28)18-19(21(26)29)25(24-23-18)12-17(27)22-15-6-4-5-7-16(15)30-2/h4-11,18-19H,3,12H2,1-2H3,(H,22,27)/t18-,19-/m0/s1. The molecule has 2 heterocycles. The van der Waals surface area contributed by atoms with Gasteiger partial charge in [0.1, 0.15) is 12.3 Å². The maximum absolute atomic E-state index is 13.0. The molecule has 0 aliphatic carbocycles. The summed E-state index contributed by atoms with van der Waals surface area (Å²) in [5, 5.41) is 11.8. The largest absolute Gasteiger partial charge is 0.495 e. The van der Waals surface area contributed by atoms with Crippen LogP contribution in [0.5, 0.6) is 5.75 Å². The Morgan fingerprint density at radius 1 is 1.10 bits per heavy atom. The van der Waals surface area contributed by atoms with Crippen LogP contribution in [0.15, 0.2) is 58.9 Å². The molecule has 2 aliphatic rings. The SMILES string of the molecule is CCc1ccc(N2C(=O)[C@H]3N=NN(CC(=O)Nc4ccccc4OC)[C@@H]3C2=O)cc1. The molecule has 2 aliphatic heterocycles. The van der Waals surface area contributed by atoms with Crippen molar-refractivity contribution in [2.45, 2.75) is 25.4 Å². The zero-order chi connectivity index (χ0) is 21.3. The van der Waals surface area contributed by atoms with E-state index in [1.807, 2.05) is 19.1 Å². The molecule has 4 rings (SSSR count). The fraction of sp³-hybridized carbons (Fsp3) is 0.286. The second kappa shape index (κ2) is 7.94. The highest BCUT2D eigenvalue weighted by Gasteiger charge is 2.55. The Labute approximate surface area is 173 Å². The monoisotopic (exact) mass is 407 g/mol. The zero-order valence-electron chi connectivity index (χ0n) is 16.6. The minimum Gasteiger partial charge on any atom is -0.495 e. The van der Waals surface area contributed by atoms with Crippen molar-refractivity contribution in [3.63, 3.8) is 0 Å². The van der Waals surface area contributed by atoms with Crippen LogP contribution in [0.3, 0.4) is 0 Å². The smallest absolute Gasteiger partial charge is 0.263 e. The molecular formula is C21H21N5O4. The Morgan fingerprint density at radius 2 is 1.83 bits per heavy atom. The summed E-state index contributed by atoms with van der Waals surface area (Å²) in [6.45, 7) is 1.81. The predicted octanol–water partition coefficient (Wildman–Crippen LogP) is 2.19. The Bertz CT molecular complexity index is 1020. The van der Waals surface area contributed by atoms with Crippen LogP contribution in [0.1, 0.15) is 12.5 Å². The molecule has 0 bridgehead atoms. The van der Waals surface area contributed by atoms with Crippen molar-refractivity contribution >= 4 is 29.1 Å². The molecule has 2 atom stereocenters. The minimum absolute atomic E-state index is 0.218. The Morgan fingerprint density at radius 3 is 2.53 bits per heavy atom. The van der Waals surface area contributed by atoms with Crippen LogP contribution in [-0.4, -0.2) is 48.5 Å². The van der Waals surface area contributed by atoms with Gasteiger partial charge in [-0.3, -0.25) is 19.4 Å². The van der Waals surface area contributed by atoms with Crippen LogP contribution < -0.4 is 15.0 Å². The van der Waals surface area contributed by atoms with E-state index in [0.29, 0.717) is 17.1 Å². The van der Waals surface area contributed by atoms with E-state index in [0.717, 1.165) is 16.9 Å². The molecule has 1 N–H and O–H groups in total. The average Bonchev–Trinajstić information content (AvgIpc) is 3.28. The van der Waals surface area contributed by atoms with Gasteiger partial charge in [-0.15, -0.1) is 0 Å². The number of amides is 3. The predicted molar refractivity (Wildman–Crippen MR) is 109 cm³/mol. The van der Waals surface area contributed by atoms with E-state index in [4.69, 9.17) is 4.74 Å². The molecule has 3 amide bonds. The molecule has 0 radical (unpaired) electrons. The Balaban J connectivity index is 1.48. The van der Waals surface area contributed by atoms with E-state index in [1.165, 1.54) is 12.1 Å². The number of anilines is 2. The number of rotatable bonds is 6. The van der Waals surface area contributed by atoms with Crippen molar-refractivity contribution in [2.24, 2.45) is 10.3 Å². The lowest BCUT2D eigenvalue weighted by Crippen LogP contribution is -2.43. The number of aryl methyl sites for hydroxylation is 1. The molecule has 2 aromatic carbocycles. The van der Waals surface area contributed by atoms with Crippen LogP contribution in [0, 0.1) is 0 Å². The fourth-order valence-electron chi connectivity index (χ4n) is 3.57. The van der Waals surface area contributed by atoms with Crippen LogP contribution >= 0.6 is 0 Å². The third-order valence-corrected chi connectivity index (χ3v) is 5.15. The summed E-state index contributed by atoms with van der Waals surface area (Å²) < 4.78 is 5.22. The van der Waals surface area contributed by atoms with Crippen LogP contribution in [-0.2, 0) is 20.8 Å². The van der Waals surface area contributed by atoms with Gasteiger partial charge < -0.3 is 10.1 Å². The van der Waals surface area contributed by atoms with Crippen molar-refractivity contribution in [3.8, 4) is 5.75 Å². The summed E-state index contributed by atoms with van der Waals surface area (Å²) in [5.41, 5.74) is 2.10. The van der Waals surface area contributed by atoms with Crippen LogP contribution in [0.4, 0.5) is 11.4 Å². The number of nitrogens with one attached hydrogen (secondary N) is 1. The molecule has 0 unspecified atom stereocenters. The van der Waals surface area contributed by atoms with Gasteiger partial charge in [0, 0.05) is 0 Å². The van der Waals surface area contributed by atoms with E-state index in [2.05, 4.69) is 15.7 Å². The zero-order valence-corrected chi connectivity index (χ0v) is 16.6. The summed E-state index contributed by atoms with van der Waals surface area (Å²) in [7, 11) is 1.51. The van der Waals surface area contributed by atoms with Gasteiger partial charge >= 0.3 is 0 Å². The molecular weight excluding hydrogens is 386 g/mol. The molecule has 0 aromatic heterocycles. The maximum Gasteiger partial charge on any atom is 0.263 e. The molecule has 2 aromatic rings. The molecule has 0 saturated carbocycles. The van der Waals surface area contributed by atoms with Gasteiger partial charge in [-0.1, -0.05) is 36.4 Å². The maximum atomic E-state index is 13.0. The Kier molecular flexibility index (Phi) is 5.18. The molecule has 1 fully saturated rings.